The van der Waals surface area contributed by atoms with Crippen LogP contribution in [0.2, 0.25) is 0 Å². The number of benzene rings is 1. The van der Waals surface area contributed by atoms with E-state index in [0.29, 0.717) is 13.1 Å². The van der Waals surface area contributed by atoms with Gasteiger partial charge >= 0.3 is 0 Å². The molecule has 1 saturated heterocycles. The molecular weight excluding hydrogens is 342 g/mol. The monoisotopic (exact) mass is 371 g/mol. The first kappa shape index (κ1) is 19.4. The van der Waals surface area contributed by atoms with Crippen molar-refractivity contribution in [2.75, 3.05) is 27.2 Å². The molecule has 1 aromatic carbocycles. The number of nitrogens with one attached hydrogen (secondary N) is 1. The molecule has 0 unspecified atom stereocenters. The van der Waals surface area contributed by atoms with Gasteiger partial charge in [-0.05, 0) is 25.3 Å². The molecule has 146 valence electrons. The minimum atomic E-state index is -0.0747. The minimum absolute atomic E-state index is 0.0227. The Morgan fingerprint density at radius 3 is 2.33 bits per heavy atom. The third-order valence-electron chi connectivity index (χ3n) is 5.51. The summed E-state index contributed by atoms with van der Waals surface area (Å²) in [5.74, 6) is 0.267. The Balaban J connectivity index is 1.68. The number of likely N-dealkylation sites (tertiary alicyclic amines) is 1. The van der Waals surface area contributed by atoms with Gasteiger partial charge in [0.15, 0.2) is 0 Å². The molecular formula is C21H29N3O3. The zero-order chi connectivity index (χ0) is 19.6. The Morgan fingerprint density at radius 1 is 1.07 bits per heavy atom. The SMILES string of the molecule is Cc1ccc([C@H]2CN(C(=O)CCC(=O)N(C)C)C[C@@H]2NC(=O)C2CC2)cc1. The third-order valence-corrected chi connectivity index (χ3v) is 5.51. The molecule has 0 spiro atoms. The van der Waals surface area contributed by atoms with Gasteiger partial charge in [0.2, 0.25) is 17.7 Å². The zero-order valence-corrected chi connectivity index (χ0v) is 16.4. The second-order valence-corrected chi connectivity index (χ2v) is 7.99. The first-order chi connectivity index (χ1) is 12.8. The Hall–Kier alpha value is -2.37. The fourth-order valence-corrected chi connectivity index (χ4v) is 3.55. The summed E-state index contributed by atoms with van der Waals surface area (Å²) in [6, 6.07) is 8.22. The standard InChI is InChI=1S/C21H29N3O3/c1-14-4-6-15(7-5-14)17-12-24(20(26)11-10-19(25)23(2)3)13-18(17)22-21(27)16-8-9-16/h4-7,16-18H,8-13H2,1-3H3,(H,22,27)/t17-,18+/m1/s1. The highest BCUT2D eigenvalue weighted by molar-refractivity contribution is 5.84. The van der Waals surface area contributed by atoms with Crippen LogP contribution < -0.4 is 5.32 Å². The lowest BCUT2D eigenvalue weighted by atomic mass is 9.93. The van der Waals surface area contributed by atoms with Crippen molar-refractivity contribution >= 4 is 17.7 Å². The van der Waals surface area contributed by atoms with E-state index in [1.165, 1.54) is 10.5 Å². The normalized spacial score (nSPS) is 21.8. The summed E-state index contributed by atoms with van der Waals surface area (Å²) in [6.07, 6.45) is 2.35. The second kappa shape index (κ2) is 8.11. The summed E-state index contributed by atoms with van der Waals surface area (Å²) >= 11 is 0. The number of carbonyl (C=O) groups excluding carboxylic acids is 3. The molecule has 1 aromatic rings. The van der Waals surface area contributed by atoms with Crippen molar-refractivity contribution in [1.29, 1.82) is 0 Å². The maximum absolute atomic E-state index is 12.6. The van der Waals surface area contributed by atoms with Crippen molar-refractivity contribution in [3.05, 3.63) is 35.4 Å². The number of aryl methyl sites for hydroxylation is 1. The lowest BCUT2D eigenvalue weighted by Crippen LogP contribution is -2.41. The quantitative estimate of drug-likeness (QED) is 0.827. The average Bonchev–Trinajstić information content (AvgIpc) is 3.41. The molecule has 1 saturated carbocycles. The molecule has 3 rings (SSSR count). The summed E-state index contributed by atoms with van der Waals surface area (Å²) in [6.45, 7) is 3.13. The van der Waals surface area contributed by atoms with Gasteiger partial charge in [0.25, 0.3) is 0 Å². The molecule has 0 bridgehead atoms. The van der Waals surface area contributed by atoms with Crippen LogP contribution in [0, 0.1) is 12.8 Å². The highest BCUT2D eigenvalue weighted by Gasteiger charge is 2.39. The van der Waals surface area contributed by atoms with Crippen LogP contribution in [0.3, 0.4) is 0 Å². The van der Waals surface area contributed by atoms with Crippen molar-refractivity contribution in [1.82, 2.24) is 15.1 Å². The average molecular weight is 371 g/mol. The van der Waals surface area contributed by atoms with Crippen LogP contribution in [0.25, 0.3) is 0 Å². The van der Waals surface area contributed by atoms with Crippen molar-refractivity contribution < 1.29 is 14.4 Å². The molecule has 0 radical (unpaired) electrons. The van der Waals surface area contributed by atoms with Gasteiger partial charge < -0.3 is 15.1 Å². The van der Waals surface area contributed by atoms with E-state index in [2.05, 4.69) is 29.6 Å². The summed E-state index contributed by atoms with van der Waals surface area (Å²) in [5, 5.41) is 3.16. The molecule has 0 aromatic heterocycles. The van der Waals surface area contributed by atoms with Crippen LogP contribution >= 0.6 is 0 Å². The van der Waals surface area contributed by atoms with Gasteiger partial charge in [-0.15, -0.1) is 0 Å². The molecule has 1 aliphatic heterocycles. The second-order valence-electron chi connectivity index (χ2n) is 7.99. The van der Waals surface area contributed by atoms with E-state index in [1.807, 2.05) is 6.92 Å². The smallest absolute Gasteiger partial charge is 0.223 e. The molecule has 6 nitrogen and oxygen atoms in total. The lowest BCUT2D eigenvalue weighted by molar-refractivity contribution is -0.135. The fourth-order valence-electron chi connectivity index (χ4n) is 3.55. The van der Waals surface area contributed by atoms with Gasteiger partial charge in [-0.1, -0.05) is 29.8 Å². The number of carbonyl (C=O) groups is 3. The summed E-state index contributed by atoms with van der Waals surface area (Å²) < 4.78 is 0. The number of hydrogen-bond donors (Lipinski definition) is 1. The number of hydrogen-bond acceptors (Lipinski definition) is 3. The van der Waals surface area contributed by atoms with Gasteiger partial charge in [0, 0.05) is 51.9 Å². The van der Waals surface area contributed by atoms with Crippen LogP contribution in [-0.4, -0.2) is 60.7 Å². The predicted molar refractivity (Wildman–Crippen MR) is 103 cm³/mol. The third kappa shape index (κ3) is 4.87. The Morgan fingerprint density at radius 2 is 1.74 bits per heavy atom. The maximum atomic E-state index is 12.6. The van der Waals surface area contributed by atoms with E-state index in [4.69, 9.17) is 0 Å². The molecule has 27 heavy (non-hydrogen) atoms. The fraction of sp³-hybridized carbons (Fsp3) is 0.571. The molecule has 3 amide bonds. The van der Waals surface area contributed by atoms with E-state index in [0.717, 1.165) is 18.4 Å². The Kier molecular flexibility index (Phi) is 5.82. The molecule has 2 aliphatic rings. The maximum Gasteiger partial charge on any atom is 0.223 e. The Labute approximate surface area is 160 Å². The van der Waals surface area contributed by atoms with Crippen LogP contribution in [0.1, 0.15) is 42.7 Å². The summed E-state index contributed by atoms with van der Waals surface area (Å²) in [4.78, 5) is 40.0. The first-order valence-electron chi connectivity index (χ1n) is 9.70. The van der Waals surface area contributed by atoms with Gasteiger partial charge in [0.05, 0.1) is 6.04 Å². The van der Waals surface area contributed by atoms with Crippen molar-refractivity contribution in [2.45, 2.75) is 44.6 Å². The van der Waals surface area contributed by atoms with Crippen molar-refractivity contribution in [2.24, 2.45) is 5.92 Å². The molecule has 2 atom stereocenters. The minimum Gasteiger partial charge on any atom is -0.351 e. The van der Waals surface area contributed by atoms with E-state index in [1.54, 1.807) is 19.0 Å². The van der Waals surface area contributed by atoms with Crippen LogP contribution in [-0.2, 0) is 14.4 Å². The van der Waals surface area contributed by atoms with Crippen LogP contribution in [0.5, 0.6) is 0 Å². The van der Waals surface area contributed by atoms with Crippen molar-refractivity contribution in [3.63, 3.8) is 0 Å². The van der Waals surface area contributed by atoms with Gasteiger partial charge in [-0.3, -0.25) is 14.4 Å². The zero-order valence-electron chi connectivity index (χ0n) is 16.4. The van der Waals surface area contributed by atoms with E-state index >= 15 is 0 Å². The molecule has 1 N–H and O–H groups in total. The first-order valence-corrected chi connectivity index (χ1v) is 9.70. The lowest BCUT2D eigenvalue weighted by Gasteiger charge is -2.20. The van der Waals surface area contributed by atoms with E-state index < -0.39 is 0 Å². The van der Waals surface area contributed by atoms with Gasteiger partial charge in [0.1, 0.15) is 0 Å². The molecule has 1 aliphatic carbocycles. The summed E-state index contributed by atoms with van der Waals surface area (Å²) in [5.41, 5.74) is 2.33. The highest BCUT2D eigenvalue weighted by atomic mass is 16.2. The van der Waals surface area contributed by atoms with Crippen LogP contribution in [0.15, 0.2) is 24.3 Å². The molecule has 2 fully saturated rings. The number of rotatable bonds is 6. The van der Waals surface area contributed by atoms with Gasteiger partial charge in [-0.25, -0.2) is 0 Å². The van der Waals surface area contributed by atoms with Crippen LogP contribution in [0.4, 0.5) is 0 Å². The number of nitrogens with zero attached hydrogens (tertiary/aromatic N) is 2. The summed E-state index contributed by atoms with van der Waals surface area (Å²) in [7, 11) is 3.39. The number of amides is 3. The molecule has 1 heterocycles. The van der Waals surface area contributed by atoms with Crippen molar-refractivity contribution in [3.8, 4) is 0 Å². The topological polar surface area (TPSA) is 69.7 Å². The largest absolute Gasteiger partial charge is 0.351 e. The highest BCUT2D eigenvalue weighted by Crippen LogP contribution is 2.32. The van der Waals surface area contributed by atoms with E-state index in [9.17, 15) is 14.4 Å². The van der Waals surface area contributed by atoms with Gasteiger partial charge in [-0.2, -0.15) is 0 Å². The van der Waals surface area contributed by atoms with E-state index in [-0.39, 0.29) is 48.4 Å². The molecule has 6 heteroatoms. The Bertz CT molecular complexity index is 710. The predicted octanol–water partition coefficient (Wildman–Crippen LogP) is 1.68.